The number of unbranched alkanes of at least 4 members (excludes halogenated alkanes) is 2. The summed E-state index contributed by atoms with van der Waals surface area (Å²) < 4.78 is 5.54. The van der Waals surface area contributed by atoms with Crippen LogP contribution in [0.3, 0.4) is 0 Å². The fraction of sp³-hybridized carbons (Fsp3) is 0.172. The molecule has 1 aromatic heterocycles. The first-order valence-electron chi connectivity index (χ1n) is 11.2. The number of aromatic nitrogens is 1. The Kier molecular flexibility index (Phi) is 7.08. The van der Waals surface area contributed by atoms with Crippen LogP contribution in [0.2, 0.25) is 0 Å². The average Bonchev–Trinajstić information content (AvgIpc) is 2.86. The van der Waals surface area contributed by atoms with Crippen LogP contribution in [0, 0.1) is 0 Å². The molecule has 0 unspecified atom stereocenters. The van der Waals surface area contributed by atoms with Crippen molar-refractivity contribution < 1.29 is 9.53 Å². The second kappa shape index (κ2) is 10.5. The average molecular weight is 422 g/mol. The minimum absolute atomic E-state index is 0.372. The summed E-state index contributed by atoms with van der Waals surface area (Å²) in [4.78, 5) is 17.1. The second-order valence-electron chi connectivity index (χ2n) is 7.87. The largest absolute Gasteiger partial charge is 0.423 e. The Morgan fingerprint density at radius 3 is 2.09 bits per heavy atom. The van der Waals surface area contributed by atoms with Gasteiger partial charge in [0, 0.05) is 11.8 Å². The SMILES string of the molecule is CCCCCc1ccc(-c2ccc(C(=O)Oc3ccc(-c4ccccc4)cc3)cc2)nc1. The van der Waals surface area contributed by atoms with Crippen LogP contribution in [0.15, 0.2) is 97.2 Å². The van der Waals surface area contributed by atoms with Crippen LogP contribution >= 0.6 is 0 Å². The third kappa shape index (κ3) is 5.50. The predicted molar refractivity (Wildman–Crippen MR) is 130 cm³/mol. The number of pyridine rings is 1. The summed E-state index contributed by atoms with van der Waals surface area (Å²) in [7, 11) is 0. The van der Waals surface area contributed by atoms with Gasteiger partial charge < -0.3 is 4.74 Å². The molecule has 3 aromatic carbocycles. The molecular formula is C29H27NO2. The molecule has 3 heteroatoms. The smallest absolute Gasteiger partial charge is 0.343 e. The Balaban J connectivity index is 1.38. The highest BCUT2D eigenvalue weighted by Gasteiger charge is 2.10. The molecule has 0 aliphatic rings. The Morgan fingerprint density at radius 2 is 1.44 bits per heavy atom. The predicted octanol–water partition coefficient (Wildman–Crippen LogP) is 7.37. The number of hydrogen-bond acceptors (Lipinski definition) is 3. The van der Waals surface area contributed by atoms with E-state index in [1.807, 2.05) is 66.9 Å². The molecule has 0 amide bonds. The van der Waals surface area contributed by atoms with Gasteiger partial charge in [0.25, 0.3) is 0 Å². The monoisotopic (exact) mass is 421 g/mol. The van der Waals surface area contributed by atoms with Gasteiger partial charge in [-0.05, 0) is 59.9 Å². The van der Waals surface area contributed by atoms with Crippen LogP contribution in [0.4, 0.5) is 0 Å². The number of rotatable bonds is 8. The van der Waals surface area contributed by atoms with Crippen molar-refractivity contribution in [1.29, 1.82) is 0 Å². The van der Waals surface area contributed by atoms with Crippen LogP contribution in [0.1, 0.15) is 42.1 Å². The molecule has 4 aromatic rings. The van der Waals surface area contributed by atoms with Crippen LogP contribution in [0.5, 0.6) is 5.75 Å². The first-order valence-corrected chi connectivity index (χ1v) is 11.2. The standard InChI is InChI=1S/C29H27NO2/c1-2-3-5-8-22-11-20-28(30-21-22)25-12-14-26(15-13-25)29(31)32-27-18-16-24(17-19-27)23-9-6-4-7-10-23/h4,6-7,9-21H,2-3,5,8H2,1H3. The summed E-state index contributed by atoms with van der Waals surface area (Å²) in [5.41, 5.74) is 5.87. The van der Waals surface area contributed by atoms with Crippen molar-refractivity contribution in [1.82, 2.24) is 4.98 Å². The number of ether oxygens (including phenoxy) is 1. The lowest BCUT2D eigenvalue weighted by molar-refractivity contribution is 0.0735. The molecule has 4 rings (SSSR count). The van der Waals surface area contributed by atoms with Crippen LogP contribution < -0.4 is 4.74 Å². The first-order chi connectivity index (χ1) is 15.7. The van der Waals surface area contributed by atoms with E-state index in [1.165, 1.54) is 24.8 Å². The van der Waals surface area contributed by atoms with E-state index in [2.05, 4.69) is 30.1 Å². The quantitative estimate of drug-likeness (QED) is 0.169. The van der Waals surface area contributed by atoms with Gasteiger partial charge in [-0.2, -0.15) is 0 Å². The molecule has 0 spiro atoms. The highest BCUT2D eigenvalue weighted by Crippen LogP contribution is 2.23. The van der Waals surface area contributed by atoms with Gasteiger partial charge in [0.2, 0.25) is 0 Å². The molecule has 3 nitrogen and oxygen atoms in total. The highest BCUT2D eigenvalue weighted by molar-refractivity contribution is 5.91. The number of benzene rings is 3. The highest BCUT2D eigenvalue weighted by atomic mass is 16.5. The topological polar surface area (TPSA) is 39.2 Å². The first kappa shape index (κ1) is 21.5. The van der Waals surface area contributed by atoms with Crippen molar-refractivity contribution in [3.05, 3.63) is 108 Å². The van der Waals surface area contributed by atoms with E-state index in [0.717, 1.165) is 28.8 Å². The van der Waals surface area contributed by atoms with E-state index in [0.29, 0.717) is 11.3 Å². The minimum Gasteiger partial charge on any atom is -0.423 e. The lowest BCUT2D eigenvalue weighted by atomic mass is 10.1. The summed E-state index contributed by atoms with van der Waals surface area (Å²) in [5.74, 6) is 0.155. The van der Waals surface area contributed by atoms with Gasteiger partial charge in [-0.15, -0.1) is 0 Å². The van der Waals surface area contributed by atoms with Gasteiger partial charge in [-0.1, -0.05) is 80.4 Å². The zero-order chi connectivity index (χ0) is 22.2. The molecule has 1 heterocycles. The van der Waals surface area contributed by atoms with E-state index in [9.17, 15) is 4.79 Å². The van der Waals surface area contributed by atoms with E-state index >= 15 is 0 Å². The molecule has 0 radical (unpaired) electrons. The fourth-order valence-electron chi connectivity index (χ4n) is 3.61. The zero-order valence-corrected chi connectivity index (χ0v) is 18.3. The molecule has 0 aliphatic heterocycles. The Labute approximate surface area is 189 Å². The van der Waals surface area contributed by atoms with Crippen molar-refractivity contribution >= 4 is 5.97 Å². The van der Waals surface area contributed by atoms with Crippen LogP contribution in [-0.2, 0) is 6.42 Å². The lowest BCUT2D eigenvalue weighted by Crippen LogP contribution is -2.08. The molecule has 0 atom stereocenters. The van der Waals surface area contributed by atoms with Gasteiger partial charge in [0.15, 0.2) is 0 Å². The van der Waals surface area contributed by atoms with Crippen molar-refractivity contribution in [3.8, 4) is 28.1 Å². The van der Waals surface area contributed by atoms with E-state index < -0.39 is 0 Å². The third-order valence-electron chi connectivity index (χ3n) is 5.48. The third-order valence-corrected chi connectivity index (χ3v) is 5.48. The van der Waals surface area contributed by atoms with Crippen molar-refractivity contribution in [2.45, 2.75) is 32.6 Å². The summed E-state index contributed by atoms with van der Waals surface area (Å²) in [6.45, 7) is 2.21. The molecule has 0 N–H and O–H groups in total. The second-order valence-corrected chi connectivity index (χ2v) is 7.87. The van der Waals surface area contributed by atoms with E-state index in [-0.39, 0.29) is 5.97 Å². The Hall–Kier alpha value is -3.72. The maximum absolute atomic E-state index is 12.5. The van der Waals surface area contributed by atoms with Crippen LogP contribution in [0.25, 0.3) is 22.4 Å². The summed E-state index contributed by atoms with van der Waals surface area (Å²) in [6, 6.07) is 29.2. The van der Waals surface area contributed by atoms with E-state index in [4.69, 9.17) is 4.74 Å². The number of esters is 1. The lowest BCUT2D eigenvalue weighted by Gasteiger charge is -2.07. The number of nitrogens with zero attached hydrogens (tertiary/aromatic N) is 1. The van der Waals surface area contributed by atoms with Gasteiger partial charge in [0.1, 0.15) is 5.75 Å². The molecule has 160 valence electrons. The molecule has 0 saturated heterocycles. The molecule has 32 heavy (non-hydrogen) atoms. The van der Waals surface area contributed by atoms with E-state index in [1.54, 1.807) is 12.1 Å². The van der Waals surface area contributed by atoms with Crippen LogP contribution in [-0.4, -0.2) is 11.0 Å². The molecule has 0 bridgehead atoms. The van der Waals surface area contributed by atoms with Gasteiger partial charge in [0.05, 0.1) is 11.3 Å². The van der Waals surface area contributed by atoms with Crippen molar-refractivity contribution in [2.75, 3.05) is 0 Å². The summed E-state index contributed by atoms with van der Waals surface area (Å²) in [6.07, 6.45) is 6.68. The molecule has 0 fully saturated rings. The maximum Gasteiger partial charge on any atom is 0.343 e. The van der Waals surface area contributed by atoms with Gasteiger partial charge >= 0.3 is 5.97 Å². The fourth-order valence-corrected chi connectivity index (χ4v) is 3.61. The van der Waals surface area contributed by atoms with Gasteiger partial charge in [-0.3, -0.25) is 4.98 Å². The van der Waals surface area contributed by atoms with Crippen molar-refractivity contribution in [3.63, 3.8) is 0 Å². The maximum atomic E-state index is 12.5. The number of aryl methyl sites for hydroxylation is 1. The van der Waals surface area contributed by atoms with Crippen molar-refractivity contribution in [2.24, 2.45) is 0 Å². The summed E-state index contributed by atoms with van der Waals surface area (Å²) >= 11 is 0. The molecular weight excluding hydrogens is 394 g/mol. The molecule has 0 saturated carbocycles. The Morgan fingerprint density at radius 1 is 0.750 bits per heavy atom. The number of hydrogen-bond donors (Lipinski definition) is 0. The number of carbonyl (C=O) groups is 1. The van der Waals surface area contributed by atoms with Gasteiger partial charge in [-0.25, -0.2) is 4.79 Å². The number of carbonyl (C=O) groups excluding carboxylic acids is 1. The summed E-state index contributed by atoms with van der Waals surface area (Å²) in [5, 5.41) is 0. The normalized spacial score (nSPS) is 10.7. The Bertz CT molecular complexity index is 1130. The molecule has 0 aliphatic carbocycles. The minimum atomic E-state index is -0.372. The zero-order valence-electron chi connectivity index (χ0n) is 18.3.